The normalized spacial score (nSPS) is 10.5. The van der Waals surface area contributed by atoms with Crippen LogP contribution in [0.2, 0.25) is 0 Å². The lowest BCUT2D eigenvalue weighted by Gasteiger charge is -2.05. The number of nitrogens with zero attached hydrogens (tertiary/aromatic N) is 1. The van der Waals surface area contributed by atoms with E-state index >= 15 is 0 Å². The number of hydrogen-bond acceptors (Lipinski definition) is 3. The van der Waals surface area contributed by atoms with Gasteiger partial charge >= 0.3 is 5.97 Å². The topological polar surface area (TPSA) is 40.5 Å². The molecule has 0 saturated heterocycles. The van der Waals surface area contributed by atoms with Gasteiger partial charge in [0.1, 0.15) is 7.11 Å². The Balaban J connectivity index is 2.34. The minimum absolute atomic E-state index is 0.204. The fraction of sp³-hybridized carbons (Fsp3) is 0.308. The van der Waals surface area contributed by atoms with Crippen LogP contribution in [0.15, 0.2) is 30.5 Å². The monoisotopic (exact) mass is 233 g/mol. The summed E-state index contributed by atoms with van der Waals surface area (Å²) in [6.07, 6.45) is 2.12. The van der Waals surface area contributed by atoms with Gasteiger partial charge in [0.05, 0.1) is 18.5 Å². The Kier molecular flexibility index (Phi) is 3.32. The minimum Gasteiger partial charge on any atom is -0.466 e. The fourth-order valence-electron chi connectivity index (χ4n) is 1.89. The Morgan fingerprint density at radius 2 is 2.18 bits per heavy atom. The molecule has 2 aromatic rings. The summed E-state index contributed by atoms with van der Waals surface area (Å²) in [7, 11) is 1.61. The predicted molar refractivity (Wildman–Crippen MR) is 64.8 cm³/mol. The van der Waals surface area contributed by atoms with Crippen LogP contribution in [0.5, 0.6) is 0 Å². The van der Waals surface area contributed by atoms with E-state index in [1.54, 1.807) is 18.8 Å². The maximum Gasteiger partial charge on any atom is 0.310 e. The molecule has 0 N–H and O–H groups in total. The van der Waals surface area contributed by atoms with Gasteiger partial charge in [-0.1, -0.05) is 12.1 Å². The Bertz CT molecular complexity index is 530. The van der Waals surface area contributed by atoms with Crippen LogP contribution >= 0.6 is 0 Å². The Morgan fingerprint density at radius 3 is 2.88 bits per heavy atom. The molecule has 0 aliphatic carbocycles. The van der Waals surface area contributed by atoms with Crippen LogP contribution in [0.4, 0.5) is 0 Å². The van der Waals surface area contributed by atoms with Crippen LogP contribution < -0.4 is 4.84 Å². The molecule has 0 bridgehead atoms. The van der Waals surface area contributed by atoms with E-state index in [9.17, 15) is 4.79 Å². The molecule has 90 valence electrons. The summed E-state index contributed by atoms with van der Waals surface area (Å²) in [5.41, 5.74) is 1.91. The smallest absolute Gasteiger partial charge is 0.310 e. The molecule has 0 radical (unpaired) electrons. The highest BCUT2D eigenvalue weighted by molar-refractivity contribution is 5.87. The average Bonchev–Trinajstić information content (AvgIpc) is 2.73. The molecule has 0 aliphatic rings. The van der Waals surface area contributed by atoms with E-state index in [-0.39, 0.29) is 5.97 Å². The van der Waals surface area contributed by atoms with Gasteiger partial charge in [-0.2, -0.15) is 4.73 Å². The Labute approximate surface area is 99.7 Å². The lowest BCUT2D eigenvalue weighted by Crippen LogP contribution is -2.08. The van der Waals surface area contributed by atoms with Crippen molar-refractivity contribution in [1.29, 1.82) is 0 Å². The van der Waals surface area contributed by atoms with Gasteiger partial charge in [0.2, 0.25) is 0 Å². The number of carbonyl (C=O) groups is 1. The molecule has 4 nitrogen and oxygen atoms in total. The summed E-state index contributed by atoms with van der Waals surface area (Å²) < 4.78 is 6.62. The first-order chi connectivity index (χ1) is 8.26. The molecule has 1 aromatic carbocycles. The third kappa shape index (κ3) is 2.25. The van der Waals surface area contributed by atoms with Gasteiger partial charge in [0.15, 0.2) is 0 Å². The number of rotatable bonds is 4. The molecule has 1 heterocycles. The fourth-order valence-corrected chi connectivity index (χ4v) is 1.89. The Morgan fingerprint density at radius 1 is 1.35 bits per heavy atom. The highest BCUT2D eigenvalue weighted by atomic mass is 16.6. The minimum atomic E-state index is -0.204. The van der Waals surface area contributed by atoms with Crippen molar-refractivity contribution in [3.63, 3.8) is 0 Å². The molecule has 0 amide bonds. The van der Waals surface area contributed by atoms with E-state index in [0.29, 0.717) is 13.0 Å². The molecular weight excluding hydrogens is 218 g/mol. The molecule has 17 heavy (non-hydrogen) atoms. The number of benzene rings is 1. The van der Waals surface area contributed by atoms with Gasteiger partial charge < -0.3 is 9.57 Å². The lowest BCUT2D eigenvalue weighted by molar-refractivity contribution is -0.142. The van der Waals surface area contributed by atoms with Gasteiger partial charge in [-0.3, -0.25) is 4.79 Å². The number of ether oxygens (including phenoxy) is 1. The molecule has 2 rings (SSSR count). The molecule has 0 saturated carbocycles. The number of fused-ring (bicyclic) bond motifs is 1. The largest absolute Gasteiger partial charge is 0.466 e. The lowest BCUT2D eigenvalue weighted by atomic mass is 10.1. The molecule has 0 aliphatic heterocycles. The van der Waals surface area contributed by atoms with Crippen LogP contribution in [-0.2, 0) is 16.0 Å². The van der Waals surface area contributed by atoms with Crippen LogP contribution in [0.1, 0.15) is 12.5 Å². The van der Waals surface area contributed by atoms with E-state index in [4.69, 9.17) is 9.57 Å². The molecule has 0 atom stereocenters. The standard InChI is InChI=1S/C13H15NO3/c1-3-17-13(15)9-10-5-4-6-12-11(10)7-8-14(12)16-2/h4-8H,3,9H2,1-2H3. The van der Waals surface area contributed by atoms with Crippen molar-refractivity contribution in [3.05, 3.63) is 36.0 Å². The third-order valence-electron chi connectivity index (χ3n) is 2.62. The first-order valence-electron chi connectivity index (χ1n) is 5.55. The highest BCUT2D eigenvalue weighted by Crippen LogP contribution is 2.20. The summed E-state index contributed by atoms with van der Waals surface area (Å²) in [6, 6.07) is 7.73. The van der Waals surface area contributed by atoms with Crippen molar-refractivity contribution < 1.29 is 14.4 Å². The van der Waals surface area contributed by atoms with Crippen molar-refractivity contribution in [2.75, 3.05) is 13.7 Å². The first kappa shape index (κ1) is 11.5. The summed E-state index contributed by atoms with van der Waals surface area (Å²) in [5.74, 6) is -0.204. The van der Waals surface area contributed by atoms with E-state index < -0.39 is 0 Å². The van der Waals surface area contributed by atoms with Gasteiger partial charge in [-0.25, -0.2) is 0 Å². The van der Waals surface area contributed by atoms with Crippen molar-refractivity contribution in [1.82, 2.24) is 4.73 Å². The van der Waals surface area contributed by atoms with Gasteiger partial charge in [-0.15, -0.1) is 0 Å². The molecule has 0 spiro atoms. The Hall–Kier alpha value is -1.97. The molecule has 1 aromatic heterocycles. The number of esters is 1. The van der Waals surface area contributed by atoms with E-state index in [1.807, 2.05) is 30.5 Å². The van der Waals surface area contributed by atoms with E-state index in [2.05, 4.69) is 0 Å². The van der Waals surface area contributed by atoms with Crippen LogP contribution in [0.25, 0.3) is 10.9 Å². The van der Waals surface area contributed by atoms with E-state index in [0.717, 1.165) is 16.5 Å². The summed E-state index contributed by atoms with van der Waals surface area (Å²) in [6.45, 7) is 2.22. The molecule has 4 heteroatoms. The summed E-state index contributed by atoms with van der Waals surface area (Å²) in [4.78, 5) is 16.6. The molecule has 0 fully saturated rings. The van der Waals surface area contributed by atoms with Crippen LogP contribution in [0.3, 0.4) is 0 Å². The van der Waals surface area contributed by atoms with Gasteiger partial charge in [-0.05, 0) is 24.6 Å². The molecular formula is C13H15NO3. The predicted octanol–water partition coefficient (Wildman–Crippen LogP) is 1.81. The SMILES string of the molecule is CCOC(=O)Cc1cccc2c1ccn2OC. The van der Waals surface area contributed by atoms with Gasteiger partial charge in [0.25, 0.3) is 0 Å². The molecule has 0 unspecified atom stereocenters. The number of hydrogen-bond donors (Lipinski definition) is 0. The maximum absolute atomic E-state index is 11.5. The maximum atomic E-state index is 11.5. The van der Waals surface area contributed by atoms with Crippen molar-refractivity contribution in [3.8, 4) is 0 Å². The summed E-state index contributed by atoms with van der Waals surface area (Å²) >= 11 is 0. The highest BCUT2D eigenvalue weighted by Gasteiger charge is 2.09. The quantitative estimate of drug-likeness (QED) is 0.756. The second kappa shape index (κ2) is 4.91. The zero-order chi connectivity index (χ0) is 12.3. The van der Waals surface area contributed by atoms with Crippen molar-refractivity contribution in [2.45, 2.75) is 13.3 Å². The number of aromatic nitrogens is 1. The number of carbonyl (C=O) groups excluding carboxylic acids is 1. The third-order valence-corrected chi connectivity index (χ3v) is 2.62. The van der Waals surface area contributed by atoms with E-state index in [1.165, 1.54) is 0 Å². The second-order valence-corrected chi connectivity index (χ2v) is 3.66. The average molecular weight is 233 g/mol. The van der Waals surface area contributed by atoms with Gasteiger partial charge in [0, 0.05) is 11.6 Å². The summed E-state index contributed by atoms with van der Waals surface area (Å²) in [5, 5.41) is 1.02. The van der Waals surface area contributed by atoms with Crippen LogP contribution in [-0.4, -0.2) is 24.4 Å². The second-order valence-electron chi connectivity index (χ2n) is 3.66. The zero-order valence-corrected chi connectivity index (χ0v) is 9.97. The van der Waals surface area contributed by atoms with Crippen molar-refractivity contribution in [2.24, 2.45) is 0 Å². The zero-order valence-electron chi connectivity index (χ0n) is 9.97. The van der Waals surface area contributed by atoms with Crippen molar-refractivity contribution >= 4 is 16.9 Å². The first-order valence-corrected chi connectivity index (χ1v) is 5.55. The van der Waals surface area contributed by atoms with Crippen LogP contribution in [0, 0.1) is 0 Å².